The molecule has 11 heteroatoms. The first kappa shape index (κ1) is 31.6. The summed E-state index contributed by atoms with van der Waals surface area (Å²) in [5, 5.41) is 9.09. The molecular formula is C36H36FN7O3. The van der Waals surface area contributed by atoms with Crippen LogP contribution in [0.15, 0.2) is 91.3 Å². The van der Waals surface area contributed by atoms with Crippen LogP contribution in [0.5, 0.6) is 0 Å². The van der Waals surface area contributed by atoms with Crippen LogP contribution in [0, 0.1) is 5.82 Å². The molecular weight excluding hydrogens is 597 g/mol. The smallest absolute Gasteiger partial charge is 0.258 e. The molecule has 1 atom stereocenters. The maximum Gasteiger partial charge on any atom is 0.258 e. The van der Waals surface area contributed by atoms with Crippen molar-refractivity contribution in [1.82, 2.24) is 20.1 Å². The van der Waals surface area contributed by atoms with E-state index in [0.29, 0.717) is 46.7 Å². The van der Waals surface area contributed by atoms with Crippen LogP contribution in [0.2, 0.25) is 0 Å². The fraction of sp³-hybridized carbons (Fsp3) is 0.222. The number of anilines is 3. The van der Waals surface area contributed by atoms with Gasteiger partial charge in [0.25, 0.3) is 5.91 Å². The number of nitrogens with one attached hydrogen (secondary N) is 3. The number of pyridine rings is 1. The molecule has 0 radical (unpaired) electrons. The van der Waals surface area contributed by atoms with Gasteiger partial charge in [-0.05, 0) is 78.3 Å². The molecule has 3 heterocycles. The number of piperazine rings is 1. The van der Waals surface area contributed by atoms with E-state index in [9.17, 15) is 18.8 Å². The van der Waals surface area contributed by atoms with Crippen LogP contribution in [0.25, 0.3) is 11.3 Å². The summed E-state index contributed by atoms with van der Waals surface area (Å²) in [6.07, 6.45) is 4.00. The van der Waals surface area contributed by atoms with Crippen molar-refractivity contribution in [3.05, 3.63) is 119 Å². The first-order valence-electron chi connectivity index (χ1n) is 15.4. The number of halogens is 1. The lowest BCUT2D eigenvalue weighted by Gasteiger charge is -2.32. The molecule has 1 saturated heterocycles. The predicted molar refractivity (Wildman–Crippen MR) is 181 cm³/mol. The molecule has 0 bridgehead atoms. The molecule has 10 nitrogen and oxygen atoms in total. The van der Waals surface area contributed by atoms with E-state index < -0.39 is 11.9 Å². The maximum absolute atomic E-state index is 14.1. The summed E-state index contributed by atoms with van der Waals surface area (Å²) < 4.78 is 14.1. The molecule has 2 aliphatic rings. The van der Waals surface area contributed by atoms with Crippen molar-refractivity contribution in [2.45, 2.75) is 6.04 Å². The Morgan fingerprint density at radius 1 is 1.02 bits per heavy atom. The Kier molecular flexibility index (Phi) is 9.37. The van der Waals surface area contributed by atoms with E-state index in [-0.39, 0.29) is 11.8 Å². The van der Waals surface area contributed by atoms with Crippen molar-refractivity contribution in [3.63, 3.8) is 0 Å². The summed E-state index contributed by atoms with van der Waals surface area (Å²) in [5.41, 5.74) is 5.45. The van der Waals surface area contributed by atoms with E-state index in [4.69, 9.17) is 0 Å². The number of nitrogens with zero attached hydrogens (tertiary/aromatic N) is 4. The third kappa shape index (κ3) is 7.06. The topological polar surface area (TPSA) is 110 Å². The van der Waals surface area contributed by atoms with Crippen LogP contribution in [0.4, 0.5) is 21.5 Å². The highest BCUT2D eigenvalue weighted by Gasteiger charge is 2.29. The Morgan fingerprint density at radius 2 is 1.79 bits per heavy atom. The number of benzene rings is 3. The second-order valence-corrected chi connectivity index (χ2v) is 11.7. The fourth-order valence-electron chi connectivity index (χ4n) is 5.91. The third-order valence-electron chi connectivity index (χ3n) is 8.59. The first-order chi connectivity index (χ1) is 22.8. The Bertz CT molecular complexity index is 1810. The zero-order chi connectivity index (χ0) is 32.9. The minimum atomic E-state index is -0.482. The molecule has 1 fully saturated rings. The van der Waals surface area contributed by atoms with Crippen LogP contribution in [-0.2, 0) is 14.4 Å². The molecule has 0 saturated carbocycles. The third-order valence-corrected chi connectivity index (χ3v) is 8.59. The van der Waals surface area contributed by atoms with E-state index in [1.54, 1.807) is 36.5 Å². The van der Waals surface area contributed by atoms with Gasteiger partial charge >= 0.3 is 0 Å². The summed E-state index contributed by atoms with van der Waals surface area (Å²) in [4.78, 5) is 48.4. The second kappa shape index (κ2) is 13.9. The monoisotopic (exact) mass is 633 g/mol. The number of carbonyl (C=O) groups excluding carboxylic acids is 3. The quantitative estimate of drug-likeness (QED) is 0.178. The summed E-state index contributed by atoms with van der Waals surface area (Å²) in [6.45, 7) is 3.94. The van der Waals surface area contributed by atoms with Crippen molar-refractivity contribution in [3.8, 4) is 0 Å². The van der Waals surface area contributed by atoms with Gasteiger partial charge in [-0.3, -0.25) is 24.3 Å². The molecule has 3 N–H and O–H groups in total. The summed E-state index contributed by atoms with van der Waals surface area (Å²) in [5.74, 6) is -0.824. The van der Waals surface area contributed by atoms with E-state index in [1.807, 2.05) is 54.6 Å². The standard InChI is InChI=1S/C36H36FN7O3/c1-42-15-17-44(18-16-42)22-32(46)43(2)29-11-9-28(10-12-29)40-35(33-30-13-8-27(37)20-31(30)41-36(33)47)25-6-3-5-24(19-25)34(39-23-45)26-7-4-14-38-21-26/h3-14,19-21,23,34,40H,15-18,22H2,1-2H3,(H,39,45)(H,41,47)/b35-33-. The largest absolute Gasteiger partial charge is 0.354 e. The Labute approximate surface area is 272 Å². The molecule has 47 heavy (non-hydrogen) atoms. The number of hydrogen-bond donors (Lipinski definition) is 3. The molecule has 1 unspecified atom stereocenters. The van der Waals surface area contributed by atoms with Gasteiger partial charge in [0, 0.05) is 62.6 Å². The number of aromatic nitrogens is 1. The van der Waals surface area contributed by atoms with Crippen LogP contribution < -0.4 is 20.9 Å². The van der Waals surface area contributed by atoms with E-state index in [2.05, 4.69) is 37.8 Å². The number of fused-ring (bicyclic) bond motifs is 1. The molecule has 240 valence electrons. The lowest BCUT2D eigenvalue weighted by molar-refractivity contribution is -0.119. The van der Waals surface area contributed by atoms with E-state index >= 15 is 0 Å². The lowest BCUT2D eigenvalue weighted by atomic mass is 9.95. The highest BCUT2D eigenvalue weighted by Crippen LogP contribution is 2.38. The van der Waals surface area contributed by atoms with Crippen LogP contribution in [-0.4, -0.2) is 79.8 Å². The van der Waals surface area contributed by atoms with Crippen molar-refractivity contribution < 1.29 is 18.8 Å². The van der Waals surface area contributed by atoms with Crippen molar-refractivity contribution in [1.29, 1.82) is 0 Å². The highest BCUT2D eigenvalue weighted by atomic mass is 19.1. The minimum absolute atomic E-state index is 0.00783. The molecule has 2 aliphatic heterocycles. The van der Waals surface area contributed by atoms with Crippen LogP contribution >= 0.6 is 0 Å². The first-order valence-corrected chi connectivity index (χ1v) is 15.4. The van der Waals surface area contributed by atoms with Gasteiger partial charge in [0.1, 0.15) is 5.82 Å². The van der Waals surface area contributed by atoms with Gasteiger partial charge in [-0.15, -0.1) is 0 Å². The number of hydrogen-bond acceptors (Lipinski definition) is 7. The molecule has 4 aromatic rings. The number of carbonyl (C=O) groups is 3. The van der Waals surface area contributed by atoms with Gasteiger partial charge in [-0.25, -0.2) is 4.39 Å². The molecule has 0 aliphatic carbocycles. The van der Waals surface area contributed by atoms with E-state index in [1.165, 1.54) is 12.1 Å². The van der Waals surface area contributed by atoms with Crippen molar-refractivity contribution >= 4 is 46.6 Å². The predicted octanol–water partition coefficient (Wildman–Crippen LogP) is 4.20. The number of amides is 3. The Morgan fingerprint density at radius 3 is 2.51 bits per heavy atom. The fourth-order valence-corrected chi connectivity index (χ4v) is 5.91. The van der Waals surface area contributed by atoms with Gasteiger partial charge in [0.2, 0.25) is 12.3 Å². The van der Waals surface area contributed by atoms with Gasteiger partial charge < -0.3 is 25.8 Å². The molecule has 0 spiro atoms. The Hall–Kier alpha value is -5.39. The van der Waals surface area contributed by atoms with E-state index in [0.717, 1.165) is 43.0 Å². The van der Waals surface area contributed by atoms with Gasteiger partial charge in [-0.2, -0.15) is 0 Å². The highest BCUT2D eigenvalue weighted by molar-refractivity contribution is 6.37. The Balaban J connectivity index is 1.33. The minimum Gasteiger partial charge on any atom is -0.354 e. The summed E-state index contributed by atoms with van der Waals surface area (Å²) in [6, 6.07) is 22.3. The van der Waals surface area contributed by atoms with Crippen molar-refractivity contribution in [2.24, 2.45) is 0 Å². The van der Waals surface area contributed by atoms with Gasteiger partial charge in [0.15, 0.2) is 0 Å². The zero-order valence-electron chi connectivity index (χ0n) is 26.2. The summed E-state index contributed by atoms with van der Waals surface area (Å²) in [7, 11) is 3.85. The molecule has 3 aromatic carbocycles. The van der Waals surface area contributed by atoms with Crippen molar-refractivity contribution in [2.75, 3.05) is 62.4 Å². The summed E-state index contributed by atoms with van der Waals surface area (Å²) >= 11 is 0. The van der Waals surface area contributed by atoms with Gasteiger partial charge in [-0.1, -0.05) is 24.3 Å². The second-order valence-electron chi connectivity index (χ2n) is 11.7. The molecule has 3 amide bonds. The molecule has 1 aromatic heterocycles. The maximum atomic E-state index is 14.1. The van der Waals surface area contributed by atoms with Crippen LogP contribution in [0.1, 0.15) is 28.3 Å². The average Bonchev–Trinajstić information content (AvgIpc) is 3.41. The molecule has 6 rings (SSSR count). The average molecular weight is 634 g/mol. The number of likely N-dealkylation sites (N-methyl/N-ethyl adjacent to an activating group) is 2. The van der Waals surface area contributed by atoms with Crippen LogP contribution in [0.3, 0.4) is 0 Å². The zero-order valence-corrected chi connectivity index (χ0v) is 26.2. The van der Waals surface area contributed by atoms with Gasteiger partial charge in [0.05, 0.1) is 29.5 Å². The normalized spacial score (nSPS) is 16.5. The number of rotatable bonds is 10. The SMILES string of the molecule is CN1CCN(CC(=O)N(C)c2ccc(N/C(=C3\C(=O)Nc4cc(F)ccc43)c3cccc(C(NC=O)c4cccnc4)c3)cc2)CC1. The lowest BCUT2D eigenvalue weighted by Crippen LogP contribution is -2.48.